The van der Waals surface area contributed by atoms with E-state index in [9.17, 15) is 8.78 Å². The Morgan fingerprint density at radius 1 is 1.33 bits per heavy atom. The third kappa shape index (κ3) is 6.48. The second kappa shape index (κ2) is 6.71. The topological polar surface area (TPSA) is 0 Å². The van der Waals surface area contributed by atoms with Crippen LogP contribution in [0.15, 0.2) is 0 Å². The third-order valence-electron chi connectivity index (χ3n) is 1.07. The van der Waals surface area contributed by atoms with Crippen LogP contribution in [0.2, 0.25) is 0 Å². The zero-order chi connectivity index (χ0) is 7.11. The molecule has 0 amide bonds. The standard InChI is InChI=1S/C6H11F2I/c7-4-2-1-3-6(8)5-9/h6H,1-5H2. The Hall–Kier alpha value is 0.590. The molecule has 0 saturated carbocycles. The fourth-order valence-electron chi connectivity index (χ4n) is 0.537. The lowest BCUT2D eigenvalue weighted by Crippen LogP contribution is -2.00. The lowest BCUT2D eigenvalue weighted by atomic mass is 10.2. The molecule has 0 aromatic rings. The quantitative estimate of drug-likeness (QED) is 0.398. The summed E-state index contributed by atoms with van der Waals surface area (Å²) in [7, 11) is 0. The number of halogens is 3. The van der Waals surface area contributed by atoms with E-state index in [0.29, 0.717) is 23.7 Å². The van der Waals surface area contributed by atoms with Gasteiger partial charge in [0.15, 0.2) is 0 Å². The van der Waals surface area contributed by atoms with E-state index in [1.165, 1.54) is 0 Å². The SMILES string of the molecule is FCCCCC(F)CI. The maximum absolute atomic E-state index is 12.3. The molecule has 1 unspecified atom stereocenters. The van der Waals surface area contributed by atoms with Crippen molar-refractivity contribution in [3.8, 4) is 0 Å². The highest BCUT2D eigenvalue weighted by Crippen LogP contribution is 2.07. The van der Waals surface area contributed by atoms with Crippen LogP contribution >= 0.6 is 22.6 Å². The number of hydrogen-bond acceptors (Lipinski definition) is 0. The molecule has 0 N–H and O–H groups in total. The number of rotatable bonds is 5. The molecule has 0 aromatic heterocycles. The van der Waals surface area contributed by atoms with Crippen molar-refractivity contribution >= 4 is 22.6 Å². The van der Waals surface area contributed by atoms with Gasteiger partial charge in [-0.15, -0.1) is 0 Å². The fourth-order valence-corrected chi connectivity index (χ4v) is 0.978. The first-order valence-electron chi connectivity index (χ1n) is 3.07. The van der Waals surface area contributed by atoms with Crippen LogP contribution in [0.25, 0.3) is 0 Å². The minimum Gasteiger partial charge on any atom is -0.251 e. The molecule has 0 radical (unpaired) electrons. The predicted octanol–water partition coefficient (Wildman–Crippen LogP) is 2.90. The van der Waals surface area contributed by atoms with Gasteiger partial charge < -0.3 is 0 Å². The van der Waals surface area contributed by atoms with Gasteiger partial charge in [0.1, 0.15) is 6.17 Å². The predicted molar refractivity (Wildman–Crippen MR) is 43.6 cm³/mol. The highest BCUT2D eigenvalue weighted by molar-refractivity contribution is 14.1. The van der Waals surface area contributed by atoms with Gasteiger partial charge in [-0.2, -0.15) is 0 Å². The van der Waals surface area contributed by atoms with Gasteiger partial charge in [0.2, 0.25) is 0 Å². The van der Waals surface area contributed by atoms with Crippen LogP contribution in [-0.2, 0) is 0 Å². The van der Waals surface area contributed by atoms with Crippen LogP contribution in [0, 0.1) is 0 Å². The first-order valence-corrected chi connectivity index (χ1v) is 4.59. The van der Waals surface area contributed by atoms with Crippen molar-refractivity contribution in [3.63, 3.8) is 0 Å². The van der Waals surface area contributed by atoms with E-state index in [2.05, 4.69) is 0 Å². The largest absolute Gasteiger partial charge is 0.251 e. The molecule has 0 saturated heterocycles. The van der Waals surface area contributed by atoms with Crippen molar-refractivity contribution in [1.82, 2.24) is 0 Å². The van der Waals surface area contributed by atoms with E-state index in [1.54, 1.807) is 0 Å². The van der Waals surface area contributed by atoms with Crippen LogP contribution in [-0.4, -0.2) is 17.3 Å². The van der Waals surface area contributed by atoms with Gasteiger partial charge in [0, 0.05) is 4.43 Å². The maximum Gasteiger partial charge on any atom is 0.109 e. The van der Waals surface area contributed by atoms with Crippen molar-refractivity contribution in [2.45, 2.75) is 25.4 Å². The van der Waals surface area contributed by atoms with Crippen LogP contribution in [0.3, 0.4) is 0 Å². The van der Waals surface area contributed by atoms with Gasteiger partial charge in [-0.1, -0.05) is 22.6 Å². The average Bonchev–Trinajstić information content (AvgIpc) is 1.89. The van der Waals surface area contributed by atoms with Crippen molar-refractivity contribution in [3.05, 3.63) is 0 Å². The maximum atomic E-state index is 12.3. The van der Waals surface area contributed by atoms with Crippen LogP contribution < -0.4 is 0 Å². The Morgan fingerprint density at radius 3 is 2.44 bits per heavy atom. The zero-order valence-electron chi connectivity index (χ0n) is 5.25. The van der Waals surface area contributed by atoms with Gasteiger partial charge in [-0.25, -0.2) is 4.39 Å². The summed E-state index contributed by atoms with van der Waals surface area (Å²) in [6.07, 6.45) is 0.988. The monoisotopic (exact) mass is 248 g/mol. The molecule has 0 aromatic carbocycles. The molecule has 0 aliphatic heterocycles. The first-order chi connectivity index (χ1) is 4.31. The van der Waals surface area contributed by atoms with Crippen LogP contribution in [0.1, 0.15) is 19.3 Å². The lowest BCUT2D eigenvalue weighted by Gasteiger charge is -2.00. The van der Waals surface area contributed by atoms with E-state index in [1.807, 2.05) is 22.6 Å². The number of alkyl halides is 3. The highest BCUT2D eigenvalue weighted by Gasteiger charge is 2.01. The molecule has 0 heterocycles. The summed E-state index contributed by atoms with van der Waals surface area (Å²) in [5, 5.41) is 0. The summed E-state index contributed by atoms with van der Waals surface area (Å²) in [5.41, 5.74) is 0. The minimum absolute atomic E-state index is 0.312. The summed E-state index contributed by atoms with van der Waals surface area (Å²) in [5.74, 6) is 0. The molecular weight excluding hydrogens is 237 g/mol. The third-order valence-corrected chi connectivity index (χ3v) is 2.02. The van der Waals surface area contributed by atoms with Gasteiger partial charge in [-0.05, 0) is 19.3 Å². The molecular formula is C6H11F2I. The molecule has 3 heteroatoms. The number of hydrogen-bond donors (Lipinski definition) is 0. The van der Waals surface area contributed by atoms with E-state index in [4.69, 9.17) is 0 Å². The normalized spacial score (nSPS) is 13.7. The summed E-state index contributed by atoms with van der Waals surface area (Å²) >= 11 is 2.00. The summed E-state index contributed by atoms with van der Waals surface area (Å²) < 4.78 is 24.3. The summed E-state index contributed by atoms with van der Waals surface area (Å²) in [6, 6.07) is 0. The zero-order valence-corrected chi connectivity index (χ0v) is 7.40. The molecule has 0 bridgehead atoms. The molecule has 0 fully saturated rings. The molecule has 1 atom stereocenters. The molecule has 0 aliphatic carbocycles. The second-order valence-corrected chi connectivity index (χ2v) is 2.82. The molecule has 0 nitrogen and oxygen atoms in total. The van der Waals surface area contributed by atoms with Crippen molar-refractivity contribution in [2.24, 2.45) is 0 Å². The number of unbranched alkanes of at least 4 members (excludes halogenated alkanes) is 1. The first kappa shape index (κ1) is 9.59. The molecule has 0 rings (SSSR count). The molecule has 0 aliphatic rings. The van der Waals surface area contributed by atoms with Crippen molar-refractivity contribution in [2.75, 3.05) is 11.1 Å². The molecule has 56 valence electrons. The van der Waals surface area contributed by atoms with Gasteiger partial charge in [0.25, 0.3) is 0 Å². The van der Waals surface area contributed by atoms with Gasteiger partial charge >= 0.3 is 0 Å². The van der Waals surface area contributed by atoms with Crippen LogP contribution in [0.4, 0.5) is 8.78 Å². The van der Waals surface area contributed by atoms with E-state index < -0.39 is 6.17 Å². The highest BCUT2D eigenvalue weighted by atomic mass is 127. The summed E-state index contributed by atoms with van der Waals surface area (Å²) in [4.78, 5) is 0. The molecule has 0 spiro atoms. The van der Waals surface area contributed by atoms with E-state index in [-0.39, 0.29) is 6.67 Å². The Kier molecular flexibility index (Phi) is 7.15. The van der Waals surface area contributed by atoms with Crippen molar-refractivity contribution < 1.29 is 8.78 Å². The van der Waals surface area contributed by atoms with Gasteiger partial charge in [0.05, 0.1) is 6.67 Å². The summed E-state index contributed by atoms with van der Waals surface area (Å²) in [6.45, 7) is -0.312. The van der Waals surface area contributed by atoms with E-state index in [0.717, 1.165) is 0 Å². The Labute approximate surface area is 68.2 Å². The second-order valence-electron chi connectivity index (χ2n) is 1.94. The van der Waals surface area contributed by atoms with Crippen LogP contribution in [0.5, 0.6) is 0 Å². The Balaban J connectivity index is 2.88. The van der Waals surface area contributed by atoms with Gasteiger partial charge in [-0.3, -0.25) is 4.39 Å². The Bertz CT molecular complexity index is 59.0. The molecule has 9 heavy (non-hydrogen) atoms. The van der Waals surface area contributed by atoms with E-state index >= 15 is 0 Å². The Morgan fingerprint density at radius 2 is 2.00 bits per heavy atom. The lowest BCUT2D eigenvalue weighted by molar-refractivity contribution is 0.332. The van der Waals surface area contributed by atoms with Crippen molar-refractivity contribution in [1.29, 1.82) is 0 Å². The minimum atomic E-state index is -0.725. The average molecular weight is 248 g/mol. The smallest absolute Gasteiger partial charge is 0.109 e. The fraction of sp³-hybridized carbons (Fsp3) is 1.00.